The third-order valence-electron chi connectivity index (χ3n) is 4.32. The first-order valence-corrected chi connectivity index (χ1v) is 9.58. The monoisotopic (exact) mass is 405 g/mol. The highest BCUT2D eigenvalue weighted by atomic mass is 35.5. The van der Waals surface area contributed by atoms with E-state index in [0.717, 1.165) is 12.1 Å². The molecule has 0 spiro atoms. The molecule has 27 heavy (non-hydrogen) atoms. The van der Waals surface area contributed by atoms with Gasteiger partial charge in [0.05, 0.1) is 22.4 Å². The number of thioether (sulfide) groups is 1. The number of nitrogens with zero attached hydrogens (tertiary/aromatic N) is 2. The van der Waals surface area contributed by atoms with Crippen LogP contribution in [-0.4, -0.2) is 21.4 Å². The zero-order valence-electron chi connectivity index (χ0n) is 14.2. The number of aromatic nitrogens is 2. The largest absolute Gasteiger partial charge is 0.310 e. The molecule has 1 atom stereocenters. The minimum absolute atomic E-state index is 0.120. The predicted molar refractivity (Wildman–Crippen MR) is 103 cm³/mol. The summed E-state index contributed by atoms with van der Waals surface area (Å²) in [7, 11) is 0. The van der Waals surface area contributed by atoms with E-state index in [4.69, 9.17) is 11.6 Å². The zero-order chi connectivity index (χ0) is 19.1. The lowest BCUT2D eigenvalue weighted by atomic mass is 10.0. The van der Waals surface area contributed by atoms with Crippen LogP contribution in [0.1, 0.15) is 22.1 Å². The third-order valence-corrected chi connectivity index (χ3v) is 5.82. The quantitative estimate of drug-likeness (QED) is 0.660. The molecule has 1 amide bonds. The highest BCUT2D eigenvalue weighted by Crippen LogP contribution is 2.44. The number of carbonyl (C=O) groups is 1. The molecule has 1 aliphatic heterocycles. The standard InChI is InChI=1S/C19H14ClF2N3OS/c1-10-17-18(14-8-12(21)4-7-15(14)22)27-9-16(26)23-19(17)25(24-10)13-5-2-11(20)3-6-13/h2-8,18H,9H2,1H3,(H,23,26)/t18-/m0/s1. The SMILES string of the molecule is Cc1nn(-c2ccc(Cl)cc2)c2c1[C@H](c1cc(F)ccc1F)SCC(=O)N2. The van der Waals surface area contributed by atoms with Crippen LogP contribution in [-0.2, 0) is 4.79 Å². The second-order valence-electron chi connectivity index (χ2n) is 6.14. The van der Waals surface area contributed by atoms with Crippen molar-refractivity contribution in [3.05, 3.63) is 75.9 Å². The Bertz CT molecular complexity index is 1040. The van der Waals surface area contributed by atoms with Gasteiger partial charge in [0.2, 0.25) is 5.91 Å². The molecule has 0 fully saturated rings. The molecule has 3 aromatic rings. The third kappa shape index (κ3) is 3.33. The molecule has 2 heterocycles. The summed E-state index contributed by atoms with van der Waals surface area (Å²) in [5, 5.41) is 7.39. The van der Waals surface area contributed by atoms with Crippen molar-refractivity contribution in [1.82, 2.24) is 9.78 Å². The van der Waals surface area contributed by atoms with Crippen LogP contribution in [0.4, 0.5) is 14.6 Å². The summed E-state index contributed by atoms with van der Waals surface area (Å²) < 4.78 is 29.8. The van der Waals surface area contributed by atoms with Crippen molar-refractivity contribution in [3.8, 4) is 5.69 Å². The Morgan fingerprint density at radius 1 is 1.22 bits per heavy atom. The highest BCUT2D eigenvalue weighted by molar-refractivity contribution is 8.00. The number of nitrogens with one attached hydrogen (secondary N) is 1. The van der Waals surface area contributed by atoms with E-state index in [2.05, 4.69) is 10.4 Å². The van der Waals surface area contributed by atoms with Gasteiger partial charge in [0.25, 0.3) is 0 Å². The van der Waals surface area contributed by atoms with Crippen molar-refractivity contribution in [2.75, 3.05) is 11.1 Å². The van der Waals surface area contributed by atoms with Gasteiger partial charge in [0.1, 0.15) is 17.5 Å². The smallest absolute Gasteiger partial charge is 0.235 e. The second-order valence-corrected chi connectivity index (χ2v) is 7.67. The Kier molecular flexibility index (Phi) is 4.65. The van der Waals surface area contributed by atoms with E-state index >= 15 is 0 Å². The maximum absolute atomic E-state index is 14.5. The average molecular weight is 406 g/mol. The normalized spacial score (nSPS) is 16.6. The van der Waals surface area contributed by atoms with E-state index in [1.807, 2.05) is 0 Å². The van der Waals surface area contributed by atoms with E-state index < -0.39 is 16.9 Å². The van der Waals surface area contributed by atoms with Crippen LogP contribution >= 0.6 is 23.4 Å². The first-order valence-electron chi connectivity index (χ1n) is 8.16. The second kappa shape index (κ2) is 6.98. The molecule has 0 saturated heterocycles. The molecule has 0 unspecified atom stereocenters. The summed E-state index contributed by atoms with van der Waals surface area (Å²) in [5.74, 6) is -0.697. The molecule has 8 heteroatoms. The lowest BCUT2D eigenvalue weighted by molar-refractivity contribution is -0.113. The molecule has 138 valence electrons. The fourth-order valence-corrected chi connectivity index (χ4v) is 4.44. The number of hydrogen-bond donors (Lipinski definition) is 1. The molecule has 1 aliphatic rings. The van der Waals surface area contributed by atoms with Crippen LogP contribution in [0.25, 0.3) is 5.69 Å². The highest BCUT2D eigenvalue weighted by Gasteiger charge is 2.32. The number of halogens is 3. The Balaban J connectivity index is 1.91. The van der Waals surface area contributed by atoms with Crippen molar-refractivity contribution < 1.29 is 13.6 Å². The molecular formula is C19H14ClF2N3OS. The molecule has 0 saturated carbocycles. The summed E-state index contributed by atoms with van der Waals surface area (Å²) in [6.45, 7) is 1.79. The number of amides is 1. The van der Waals surface area contributed by atoms with Crippen molar-refractivity contribution in [3.63, 3.8) is 0 Å². The molecule has 0 radical (unpaired) electrons. The first-order chi connectivity index (χ1) is 12.9. The molecular weight excluding hydrogens is 392 g/mol. The van der Waals surface area contributed by atoms with Crippen LogP contribution in [0, 0.1) is 18.6 Å². The van der Waals surface area contributed by atoms with Crippen LogP contribution in [0.15, 0.2) is 42.5 Å². The van der Waals surface area contributed by atoms with Crippen molar-refractivity contribution in [1.29, 1.82) is 0 Å². The van der Waals surface area contributed by atoms with E-state index in [0.29, 0.717) is 27.8 Å². The van der Waals surface area contributed by atoms with Gasteiger partial charge in [-0.2, -0.15) is 5.10 Å². The number of fused-ring (bicyclic) bond motifs is 1. The summed E-state index contributed by atoms with van der Waals surface area (Å²) in [5.41, 5.74) is 2.18. The summed E-state index contributed by atoms with van der Waals surface area (Å²) in [6, 6.07) is 10.3. The average Bonchev–Trinajstić information content (AvgIpc) is 2.84. The van der Waals surface area contributed by atoms with Crippen LogP contribution < -0.4 is 5.32 Å². The molecule has 4 nitrogen and oxygen atoms in total. The molecule has 1 N–H and O–H groups in total. The van der Waals surface area contributed by atoms with Crippen LogP contribution in [0.3, 0.4) is 0 Å². The summed E-state index contributed by atoms with van der Waals surface area (Å²) >= 11 is 7.20. The van der Waals surface area contributed by atoms with E-state index in [1.165, 1.54) is 17.8 Å². The van der Waals surface area contributed by atoms with Gasteiger partial charge in [-0.25, -0.2) is 13.5 Å². The number of carbonyl (C=O) groups excluding carboxylic acids is 1. The van der Waals surface area contributed by atoms with Crippen LogP contribution in [0.5, 0.6) is 0 Å². The summed E-state index contributed by atoms with van der Waals surface area (Å²) in [4.78, 5) is 12.3. The number of benzene rings is 2. The van der Waals surface area contributed by atoms with Crippen molar-refractivity contribution in [2.24, 2.45) is 0 Å². The Labute approximate surface area is 163 Å². The zero-order valence-corrected chi connectivity index (χ0v) is 15.7. The van der Waals surface area contributed by atoms with E-state index in [9.17, 15) is 13.6 Å². The van der Waals surface area contributed by atoms with Gasteiger partial charge in [0, 0.05) is 16.1 Å². The topological polar surface area (TPSA) is 46.9 Å². The van der Waals surface area contributed by atoms with Gasteiger partial charge in [-0.05, 0) is 49.4 Å². The predicted octanol–water partition coefficient (Wildman–Crippen LogP) is 4.89. The van der Waals surface area contributed by atoms with Gasteiger partial charge in [-0.15, -0.1) is 11.8 Å². The number of aryl methyl sites for hydroxylation is 1. The van der Waals surface area contributed by atoms with Crippen LogP contribution in [0.2, 0.25) is 5.02 Å². The van der Waals surface area contributed by atoms with Gasteiger partial charge in [-0.1, -0.05) is 11.6 Å². The number of hydrogen-bond acceptors (Lipinski definition) is 3. The molecule has 2 aromatic carbocycles. The van der Waals surface area contributed by atoms with E-state index in [1.54, 1.807) is 35.9 Å². The Morgan fingerprint density at radius 2 is 1.96 bits per heavy atom. The Morgan fingerprint density at radius 3 is 2.70 bits per heavy atom. The molecule has 4 rings (SSSR count). The molecule has 0 aliphatic carbocycles. The van der Waals surface area contributed by atoms with Crippen molar-refractivity contribution >= 4 is 35.1 Å². The minimum atomic E-state index is -0.560. The maximum Gasteiger partial charge on any atom is 0.235 e. The fourth-order valence-electron chi connectivity index (χ4n) is 3.11. The molecule has 1 aromatic heterocycles. The van der Waals surface area contributed by atoms with Gasteiger partial charge in [0.15, 0.2) is 0 Å². The van der Waals surface area contributed by atoms with Gasteiger partial charge < -0.3 is 5.32 Å². The number of rotatable bonds is 2. The lowest BCUT2D eigenvalue weighted by Crippen LogP contribution is -2.15. The van der Waals surface area contributed by atoms with Gasteiger partial charge >= 0.3 is 0 Å². The fraction of sp³-hybridized carbons (Fsp3) is 0.158. The first kappa shape index (κ1) is 18.0. The number of anilines is 1. The Hall–Kier alpha value is -2.38. The minimum Gasteiger partial charge on any atom is -0.310 e. The summed E-state index contributed by atoms with van der Waals surface area (Å²) in [6.07, 6.45) is 0. The van der Waals surface area contributed by atoms with Gasteiger partial charge in [-0.3, -0.25) is 4.79 Å². The van der Waals surface area contributed by atoms with Crippen molar-refractivity contribution in [2.45, 2.75) is 12.2 Å². The lowest BCUT2D eigenvalue weighted by Gasteiger charge is -2.16. The van der Waals surface area contributed by atoms with E-state index in [-0.39, 0.29) is 17.2 Å². The maximum atomic E-state index is 14.5. The molecule has 0 bridgehead atoms.